The highest BCUT2D eigenvalue weighted by Gasteiger charge is 2.30. The zero-order valence-electron chi connectivity index (χ0n) is 15.2. The largest absolute Gasteiger partial charge is 0.478 e. The third kappa shape index (κ3) is 4.89. The lowest BCUT2D eigenvalue weighted by Crippen LogP contribution is -2.34. The summed E-state index contributed by atoms with van der Waals surface area (Å²) in [6.07, 6.45) is 1.59. The van der Waals surface area contributed by atoms with Gasteiger partial charge in [0.1, 0.15) is 0 Å². The SMILES string of the molecule is CC1C(C(=O)O)=CC=CN1c1cnc(OCC(F)(F)F)c(-c2ccc(Cl)cc2)c1. The molecule has 0 bridgehead atoms. The first-order valence-corrected chi connectivity index (χ1v) is 8.89. The molecule has 1 aliphatic heterocycles. The van der Waals surface area contributed by atoms with Gasteiger partial charge >= 0.3 is 12.1 Å². The molecule has 2 heterocycles. The summed E-state index contributed by atoms with van der Waals surface area (Å²) in [4.78, 5) is 17.1. The maximum Gasteiger partial charge on any atom is 0.422 e. The van der Waals surface area contributed by atoms with E-state index in [0.717, 1.165) is 0 Å². The monoisotopic (exact) mass is 424 g/mol. The normalized spacial score (nSPS) is 16.5. The van der Waals surface area contributed by atoms with Gasteiger partial charge < -0.3 is 14.7 Å². The number of ether oxygens (including phenoxy) is 1. The lowest BCUT2D eigenvalue weighted by Gasteiger charge is -2.30. The van der Waals surface area contributed by atoms with E-state index < -0.39 is 24.8 Å². The lowest BCUT2D eigenvalue weighted by molar-refractivity contribution is -0.154. The molecule has 1 N–H and O–H groups in total. The van der Waals surface area contributed by atoms with E-state index in [-0.39, 0.29) is 11.5 Å². The summed E-state index contributed by atoms with van der Waals surface area (Å²) >= 11 is 5.90. The molecule has 5 nitrogen and oxygen atoms in total. The Bertz CT molecular complexity index is 972. The number of carbonyl (C=O) groups is 1. The molecule has 1 aromatic heterocycles. The molecule has 0 fully saturated rings. The number of pyridine rings is 1. The highest BCUT2D eigenvalue weighted by atomic mass is 35.5. The molecule has 0 saturated heterocycles. The number of anilines is 1. The molecule has 0 amide bonds. The number of rotatable bonds is 5. The van der Waals surface area contributed by atoms with Gasteiger partial charge in [0.2, 0.25) is 5.88 Å². The van der Waals surface area contributed by atoms with Crippen LogP contribution in [0.2, 0.25) is 5.02 Å². The number of nitrogens with zero attached hydrogens (tertiary/aromatic N) is 2. The Hall–Kier alpha value is -3.00. The van der Waals surface area contributed by atoms with E-state index in [1.165, 1.54) is 12.3 Å². The van der Waals surface area contributed by atoms with Crippen LogP contribution in [0.25, 0.3) is 11.1 Å². The van der Waals surface area contributed by atoms with E-state index in [9.17, 15) is 23.1 Å². The van der Waals surface area contributed by atoms with E-state index in [2.05, 4.69) is 4.98 Å². The van der Waals surface area contributed by atoms with E-state index in [1.807, 2.05) is 0 Å². The molecule has 152 valence electrons. The molecule has 1 aliphatic rings. The van der Waals surface area contributed by atoms with Crippen LogP contribution in [0.15, 0.2) is 60.5 Å². The molecular formula is C20H16ClF3N2O3. The van der Waals surface area contributed by atoms with E-state index in [1.54, 1.807) is 54.4 Å². The second kappa shape index (κ2) is 8.16. The number of carboxylic acid groups (broad SMARTS) is 1. The van der Waals surface area contributed by atoms with Crippen LogP contribution in [0.5, 0.6) is 5.88 Å². The third-order valence-electron chi connectivity index (χ3n) is 4.30. The van der Waals surface area contributed by atoms with Crippen molar-refractivity contribution in [1.82, 2.24) is 4.98 Å². The van der Waals surface area contributed by atoms with Crippen LogP contribution in [0, 0.1) is 0 Å². The Morgan fingerprint density at radius 2 is 2.00 bits per heavy atom. The van der Waals surface area contributed by atoms with Gasteiger partial charge in [0.15, 0.2) is 6.61 Å². The number of alkyl halides is 3. The highest BCUT2D eigenvalue weighted by molar-refractivity contribution is 6.30. The highest BCUT2D eigenvalue weighted by Crippen LogP contribution is 2.35. The number of hydrogen-bond acceptors (Lipinski definition) is 4. The van der Waals surface area contributed by atoms with Crippen molar-refractivity contribution in [2.45, 2.75) is 19.1 Å². The van der Waals surface area contributed by atoms with E-state index in [4.69, 9.17) is 16.3 Å². The van der Waals surface area contributed by atoms with Gasteiger partial charge in [-0.25, -0.2) is 9.78 Å². The molecule has 1 atom stereocenters. The summed E-state index contributed by atoms with van der Waals surface area (Å²) in [5.74, 6) is -1.24. The summed E-state index contributed by atoms with van der Waals surface area (Å²) in [7, 11) is 0. The average molecular weight is 425 g/mol. The van der Waals surface area contributed by atoms with Crippen LogP contribution in [-0.2, 0) is 4.79 Å². The zero-order valence-corrected chi connectivity index (χ0v) is 15.9. The summed E-state index contributed by atoms with van der Waals surface area (Å²) in [6, 6.07) is 7.59. The quantitative estimate of drug-likeness (QED) is 0.725. The van der Waals surface area contributed by atoms with E-state index in [0.29, 0.717) is 21.8 Å². The summed E-state index contributed by atoms with van der Waals surface area (Å²) in [6.45, 7) is 0.228. The topological polar surface area (TPSA) is 62.7 Å². The van der Waals surface area contributed by atoms with Crippen LogP contribution in [-0.4, -0.2) is 34.9 Å². The van der Waals surface area contributed by atoms with Crippen molar-refractivity contribution in [3.8, 4) is 17.0 Å². The van der Waals surface area contributed by atoms with Crippen molar-refractivity contribution in [1.29, 1.82) is 0 Å². The van der Waals surface area contributed by atoms with Gasteiger partial charge in [-0.1, -0.05) is 23.7 Å². The third-order valence-corrected chi connectivity index (χ3v) is 4.55. The first kappa shape index (κ1) is 20.7. The van der Waals surface area contributed by atoms with Crippen molar-refractivity contribution < 1.29 is 27.8 Å². The summed E-state index contributed by atoms with van der Waals surface area (Å²) < 4.78 is 42.8. The molecule has 0 saturated carbocycles. The standard InChI is InChI=1S/C20H16ClF3N2O3/c1-12-16(19(27)28)3-2-8-26(12)15-9-17(13-4-6-14(21)7-5-13)18(25-10-15)29-11-20(22,23)24/h2-10,12H,11H2,1H3,(H,27,28). The first-order valence-electron chi connectivity index (χ1n) is 8.51. The average Bonchev–Trinajstić information content (AvgIpc) is 2.66. The smallest absolute Gasteiger partial charge is 0.422 e. The molecule has 9 heteroatoms. The Morgan fingerprint density at radius 1 is 1.31 bits per heavy atom. The molecule has 0 radical (unpaired) electrons. The molecule has 0 aliphatic carbocycles. The number of hydrogen-bond donors (Lipinski definition) is 1. The maximum atomic E-state index is 12.6. The van der Waals surface area contributed by atoms with Gasteiger partial charge in [-0.3, -0.25) is 0 Å². The van der Waals surface area contributed by atoms with Crippen molar-refractivity contribution in [3.05, 3.63) is 65.5 Å². The van der Waals surface area contributed by atoms with Crippen LogP contribution in [0.3, 0.4) is 0 Å². The molecule has 1 unspecified atom stereocenters. The molecule has 0 spiro atoms. The van der Waals surface area contributed by atoms with Gasteiger partial charge in [0.25, 0.3) is 0 Å². The number of benzene rings is 1. The number of aromatic nitrogens is 1. The predicted molar refractivity (Wildman–Crippen MR) is 103 cm³/mol. The van der Waals surface area contributed by atoms with Gasteiger partial charge in [-0.05, 0) is 42.8 Å². The summed E-state index contributed by atoms with van der Waals surface area (Å²) in [5.41, 5.74) is 1.57. The minimum atomic E-state index is -4.51. The fourth-order valence-electron chi connectivity index (χ4n) is 2.90. The van der Waals surface area contributed by atoms with Crippen molar-refractivity contribution in [2.75, 3.05) is 11.5 Å². The fourth-order valence-corrected chi connectivity index (χ4v) is 3.03. The Morgan fingerprint density at radius 3 is 2.62 bits per heavy atom. The molecule has 2 aromatic rings. The van der Waals surface area contributed by atoms with Gasteiger partial charge in [0.05, 0.1) is 23.5 Å². The number of aliphatic carboxylic acids is 1. The fraction of sp³-hybridized carbons (Fsp3) is 0.200. The molecule has 29 heavy (non-hydrogen) atoms. The Kier molecular flexibility index (Phi) is 5.83. The second-order valence-electron chi connectivity index (χ2n) is 6.31. The Labute approximate surface area is 169 Å². The predicted octanol–water partition coefficient (Wildman–Crippen LogP) is 5.08. The number of halogens is 4. The van der Waals surface area contributed by atoms with Crippen molar-refractivity contribution >= 4 is 23.3 Å². The number of carboxylic acids is 1. The van der Waals surface area contributed by atoms with Crippen molar-refractivity contribution in [2.24, 2.45) is 0 Å². The molecule has 1 aromatic carbocycles. The second-order valence-corrected chi connectivity index (χ2v) is 6.75. The molecular weight excluding hydrogens is 409 g/mol. The lowest BCUT2D eigenvalue weighted by atomic mass is 10.0. The zero-order chi connectivity index (χ0) is 21.2. The van der Waals surface area contributed by atoms with Crippen LogP contribution in [0.4, 0.5) is 18.9 Å². The van der Waals surface area contributed by atoms with Gasteiger partial charge in [-0.2, -0.15) is 13.2 Å². The minimum absolute atomic E-state index is 0.179. The first-order chi connectivity index (χ1) is 13.7. The minimum Gasteiger partial charge on any atom is -0.478 e. The molecule has 3 rings (SSSR count). The van der Waals surface area contributed by atoms with Crippen molar-refractivity contribution in [3.63, 3.8) is 0 Å². The summed E-state index contributed by atoms with van der Waals surface area (Å²) in [5, 5.41) is 9.81. The van der Waals surface area contributed by atoms with Crippen LogP contribution in [0.1, 0.15) is 6.92 Å². The van der Waals surface area contributed by atoms with Gasteiger partial charge in [0, 0.05) is 16.8 Å². The van der Waals surface area contributed by atoms with Crippen LogP contribution < -0.4 is 9.64 Å². The van der Waals surface area contributed by atoms with Gasteiger partial charge in [-0.15, -0.1) is 0 Å². The number of allylic oxidation sites excluding steroid dienone is 2. The van der Waals surface area contributed by atoms with E-state index >= 15 is 0 Å². The maximum absolute atomic E-state index is 12.6. The Balaban J connectivity index is 2.01. The van der Waals surface area contributed by atoms with Crippen LogP contribution >= 0.6 is 11.6 Å².